The molecule has 1 saturated heterocycles. The lowest BCUT2D eigenvalue weighted by atomic mass is 9.95. The van der Waals surface area contributed by atoms with Gasteiger partial charge in [0.1, 0.15) is 5.54 Å². The van der Waals surface area contributed by atoms with Crippen molar-refractivity contribution in [2.45, 2.75) is 25.3 Å². The van der Waals surface area contributed by atoms with Crippen LogP contribution in [-0.4, -0.2) is 38.0 Å². The van der Waals surface area contributed by atoms with Crippen molar-refractivity contribution in [3.63, 3.8) is 0 Å². The molecule has 1 aliphatic rings. The smallest absolute Gasteiger partial charge is 0.332 e. The molecule has 6 heteroatoms. The Labute approximate surface area is 119 Å². The molecule has 1 unspecified atom stereocenters. The summed E-state index contributed by atoms with van der Waals surface area (Å²) in [6.45, 7) is 1.95. The second kappa shape index (κ2) is 5.83. The first-order chi connectivity index (χ1) is 9.47. The number of sulfone groups is 1. The van der Waals surface area contributed by atoms with E-state index in [2.05, 4.69) is 5.32 Å². The molecule has 0 radical (unpaired) electrons. The molecule has 0 amide bonds. The Morgan fingerprint density at radius 3 is 2.65 bits per heavy atom. The highest BCUT2D eigenvalue weighted by atomic mass is 32.2. The van der Waals surface area contributed by atoms with E-state index < -0.39 is 21.3 Å². The predicted molar refractivity (Wildman–Crippen MR) is 77.3 cm³/mol. The van der Waals surface area contributed by atoms with Gasteiger partial charge in [-0.1, -0.05) is 18.2 Å². The fourth-order valence-electron chi connectivity index (χ4n) is 2.49. The summed E-state index contributed by atoms with van der Waals surface area (Å²) < 4.78 is 28.9. The van der Waals surface area contributed by atoms with Crippen molar-refractivity contribution >= 4 is 21.5 Å². The number of nitrogens with one attached hydrogen (secondary N) is 1. The standard InChI is InChI=1S/C14H19NO4S/c1-2-19-13(16)14(9-6-10-20(17,18)11-14)15-12-7-4-3-5-8-12/h3-5,7-8,15H,2,6,9-11H2,1H3. The van der Waals surface area contributed by atoms with Gasteiger partial charge in [0.25, 0.3) is 0 Å². The van der Waals surface area contributed by atoms with Crippen molar-refractivity contribution in [2.24, 2.45) is 0 Å². The molecule has 5 nitrogen and oxygen atoms in total. The first-order valence-electron chi connectivity index (χ1n) is 6.68. The minimum Gasteiger partial charge on any atom is -0.464 e. The van der Waals surface area contributed by atoms with E-state index in [-0.39, 0.29) is 18.1 Å². The van der Waals surface area contributed by atoms with E-state index in [1.54, 1.807) is 6.92 Å². The second-order valence-electron chi connectivity index (χ2n) is 4.99. The summed E-state index contributed by atoms with van der Waals surface area (Å²) in [6.07, 6.45) is 0.918. The van der Waals surface area contributed by atoms with Crippen LogP contribution in [0.25, 0.3) is 0 Å². The van der Waals surface area contributed by atoms with E-state index in [0.29, 0.717) is 12.8 Å². The highest BCUT2D eigenvalue weighted by Crippen LogP contribution is 2.28. The molecule has 1 heterocycles. The number of ether oxygens (including phenoxy) is 1. The van der Waals surface area contributed by atoms with Gasteiger partial charge >= 0.3 is 5.97 Å². The molecule has 1 aliphatic heterocycles. The summed E-state index contributed by atoms with van der Waals surface area (Å²) in [7, 11) is -3.24. The van der Waals surface area contributed by atoms with E-state index >= 15 is 0 Å². The average molecular weight is 297 g/mol. The lowest BCUT2D eigenvalue weighted by Crippen LogP contribution is -2.55. The quantitative estimate of drug-likeness (QED) is 0.855. The molecule has 0 aliphatic carbocycles. The third-order valence-electron chi connectivity index (χ3n) is 3.35. The second-order valence-corrected chi connectivity index (χ2v) is 7.17. The Bertz CT molecular complexity index is 570. The van der Waals surface area contributed by atoms with Crippen molar-refractivity contribution in [1.82, 2.24) is 0 Å². The fraction of sp³-hybridized carbons (Fsp3) is 0.500. The summed E-state index contributed by atoms with van der Waals surface area (Å²) in [5.41, 5.74) is -0.452. The van der Waals surface area contributed by atoms with Gasteiger partial charge in [0.05, 0.1) is 18.1 Å². The van der Waals surface area contributed by atoms with Gasteiger partial charge in [-0.2, -0.15) is 0 Å². The van der Waals surface area contributed by atoms with Crippen LogP contribution in [0.2, 0.25) is 0 Å². The van der Waals surface area contributed by atoms with Crippen LogP contribution < -0.4 is 5.32 Å². The minimum absolute atomic E-state index is 0.130. The number of carbonyl (C=O) groups is 1. The number of esters is 1. The number of hydrogen-bond acceptors (Lipinski definition) is 5. The maximum Gasteiger partial charge on any atom is 0.332 e. The van der Waals surface area contributed by atoms with Gasteiger partial charge in [-0.05, 0) is 31.9 Å². The molecule has 0 saturated carbocycles. The predicted octanol–water partition coefficient (Wildman–Crippen LogP) is 1.61. The summed E-state index contributed by atoms with van der Waals surface area (Å²) >= 11 is 0. The van der Waals surface area contributed by atoms with E-state index in [0.717, 1.165) is 5.69 Å². The zero-order valence-corrected chi connectivity index (χ0v) is 12.3. The number of anilines is 1. The van der Waals surface area contributed by atoms with Gasteiger partial charge in [-0.15, -0.1) is 0 Å². The van der Waals surface area contributed by atoms with Gasteiger partial charge in [-0.25, -0.2) is 13.2 Å². The van der Waals surface area contributed by atoms with Crippen LogP contribution in [0, 0.1) is 0 Å². The summed E-state index contributed by atoms with van der Waals surface area (Å²) in [4.78, 5) is 12.3. The Hall–Kier alpha value is -1.56. The molecule has 1 atom stereocenters. The van der Waals surface area contributed by atoms with E-state index in [4.69, 9.17) is 4.74 Å². The average Bonchev–Trinajstić information content (AvgIpc) is 2.39. The van der Waals surface area contributed by atoms with Gasteiger partial charge in [0, 0.05) is 5.69 Å². The third-order valence-corrected chi connectivity index (χ3v) is 5.19. The first kappa shape index (κ1) is 14.8. The summed E-state index contributed by atoms with van der Waals surface area (Å²) in [6, 6.07) is 9.14. The topological polar surface area (TPSA) is 72.5 Å². The van der Waals surface area contributed by atoms with E-state index in [1.807, 2.05) is 30.3 Å². The largest absolute Gasteiger partial charge is 0.464 e. The van der Waals surface area contributed by atoms with Crippen LogP contribution >= 0.6 is 0 Å². The van der Waals surface area contributed by atoms with Crippen LogP contribution in [0.4, 0.5) is 5.69 Å². The van der Waals surface area contributed by atoms with Crippen LogP contribution in [0.5, 0.6) is 0 Å². The minimum atomic E-state index is -3.24. The Kier molecular flexibility index (Phi) is 4.32. The van der Waals surface area contributed by atoms with Crippen LogP contribution in [0.1, 0.15) is 19.8 Å². The van der Waals surface area contributed by atoms with Crippen LogP contribution in [0.15, 0.2) is 30.3 Å². The van der Waals surface area contributed by atoms with E-state index in [1.165, 1.54) is 0 Å². The van der Waals surface area contributed by atoms with E-state index in [9.17, 15) is 13.2 Å². The third kappa shape index (κ3) is 3.30. The normalized spacial score (nSPS) is 24.9. The van der Waals surface area contributed by atoms with Crippen molar-refractivity contribution in [1.29, 1.82) is 0 Å². The van der Waals surface area contributed by atoms with Crippen molar-refractivity contribution in [2.75, 3.05) is 23.4 Å². The SMILES string of the molecule is CCOC(=O)C1(Nc2ccccc2)CCCS(=O)(=O)C1. The maximum absolute atomic E-state index is 12.3. The number of benzene rings is 1. The van der Waals surface area contributed by atoms with Gasteiger partial charge in [-0.3, -0.25) is 0 Å². The molecular weight excluding hydrogens is 278 g/mol. The molecule has 0 bridgehead atoms. The van der Waals surface area contributed by atoms with Gasteiger partial charge in [0.2, 0.25) is 0 Å². The van der Waals surface area contributed by atoms with Gasteiger partial charge in [0.15, 0.2) is 9.84 Å². The van der Waals surface area contributed by atoms with Crippen molar-refractivity contribution in [3.05, 3.63) is 30.3 Å². The van der Waals surface area contributed by atoms with Crippen LogP contribution in [-0.2, 0) is 19.4 Å². The molecule has 2 rings (SSSR count). The number of hydrogen-bond donors (Lipinski definition) is 1. The highest BCUT2D eigenvalue weighted by molar-refractivity contribution is 7.91. The van der Waals surface area contributed by atoms with Crippen molar-refractivity contribution < 1.29 is 17.9 Å². The molecule has 20 heavy (non-hydrogen) atoms. The van der Waals surface area contributed by atoms with Crippen molar-refractivity contribution in [3.8, 4) is 0 Å². The molecule has 1 N–H and O–H groups in total. The zero-order valence-electron chi connectivity index (χ0n) is 11.5. The molecular formula is C14H19NO4S. The lowest BCUT2D eigenvalue weighted by molar-refractivity contribution is -0.148. The number of carbonyl (C=O) groups excluding carboxylic acids is 1. The molecule has 1 aromatic carbocycles. The monoisotopic (exact) mass is 297 g/mol. The highest BCUT2D eigenvalue weighted by Gasteiger charge is 2.46. The Morgan fingerprint density at radius 1 is 1.35 bits per heavy atom. The van der Waals surface area contributed by atoms with Crippen LogP contribution in [0.3, 0.4) is 0 Å². The summed E-state index contributed by atoms with van der Waals surface area (Å²) in [5.74, 6) is -0.578. The first-order valence-corrected chi connectivity index (χ1v) is 8.50. The van der Waals surface area contributed by atoms with Gasteiger partial charge < -0.3 is 10.1 Å². The molecule has 1 aromatic rings. The molecule has 1 fully saturated rings. The number of para-hydroxylation sites is 1. The molecule has 0 aromatic heterocycles. The Balaban J connectivity index is 2.31. The summed E-state index contributed by atoms with van der Waals surface area (Å²) in [5, 5.41) is 3.08. The fourth-order valence-corrected chi connectivity index (χ4v) is 4.30. The lowest BCUT2D eigenvalue weighted by Gasteiger charge is -2.36. The molecule has 0 spiro atoms. The maximum atomic E-state index is 12.3. The number of rotatable bonds is 4. The Morgan fingerprint density at radius 2 is 2.05 bits per heavy atom. The molecule has 110 valence electrons. The zero-order chi connectivity index (χ0) is 14.6.